The van der Waals surface area contributed by atoms with Gasteiger partial charge < -0.3 is 9.47 Å². The third-order valence-corrected chi connectivity index (χ3v) is 4.19. The average Bonchev–Trinajstić information content (AvgIpc) is 2.39. The number of benzene rings is 1. The van der Waals surface area contributed by atoms with Crippen LogP contribution in [0.25, 0.3) is 0 Å². The van der Waals surface area contributed by atoms with Gasteiger partial charge in [-0.2, -0.15) is 0 Å². The fourth-order valence-corrected chi connectivity index (χ4v) is 2.75. The first-order chi connectivity index (χ1) is 9.49. The van der Waals surface area contributed by atoms with E-state index in [4.69, 9.17) is 9.47 Å². The molecule has 1 aromatic carbocycles. The van der Waals surface area contributed by atoms with Gasteiger partial charge >= 0.3 is 0 Å². The van der Waals surface area contributed by atoms with E-state index in [0.717, 1.165) is 5.56 Å². The van der Waals surface area contributed by atoms with Crippen molar-refractivity contribution in [1.82, 2.24) is 4.72 Å². The number of nitrogens with one attached hydrogen (secondary N) is 1. The lowest BCUT2D eigenvalue weighted by atomic mass is 10.2. The number of hydrogen-bond acceptors (Lipinski definition) is 4. The third-order valence-electron chi connectivity index (χ3n) is 2.71. The fraction of sp³-hybridized carbons (Fsp3) is 0.571. The number of hydrogen-bond donors (Lipinski definition) is 1. The zero-order valence-corrected chi connectivity index (χ0v) is 13.1. The summed E-state index contributed by atoms with van der Waals surface area (Å²) in [4.78, 5) is 0.271. The molecule has 6 heteroatoms. The Morgan fingerprint density at radius 3 is 2.15 bits per heavy atom. The molecule has 1 rings (SSSR count). The van der Waals surface area contributed by atoms with Crippen LogP contribution in [0.2, 0.25) is 0 Å². The highest BCUT2D eigenvalue weighted by atomic mass is 32.2. The minimum Gasteiger partial charge on any atom is -0.353 e. The smallest absolute Gasteiger partial charge is 0.240 e. The van der Waals surface area contributed by atoms with Gasteiger partial charge in [-0.15, -0.1) is 0 Å². The summed E-state index contributed by atoms with van der Waals surface area (Å²) >= 11 is 0. The van der Waals surface area contributed by atoms with Crippen molar-refractivity contribution in [2.24, 2.45) is 0 Å². The molecule has 0 aliphatic rings. The lowest BCUT2D eigenvalue weighted by Gasteiger charge is -2.17. The highest BCUT2D eigenvalue weighted by Gasteiger charge is 2.15. The maximum absolute atomic E-state index is 12.0. The van der Waals surface area contributed by atoms with E-state index >= 15 is 0 Å². The van der Waals surface area contributed by atoms with Crippen LogP contribution >= 0.6 is 0 Å². The Morgan fingerprint density at radius 2 is 1.65 bits per heavy atom. The van der Waals surface area contributed by atoms with Crippen LogP contribution in [0, 0.1) is 6.92 Å². The lowest BCUT2D eigenvalue weighted by molar-refractivity contribution is -0.138. The normalized spacial score (nSPS) is 12.0. The van der Waals surface area contributed by atoms with Crippen molar-refractivity contribution >= 4 is 10.0 Å². The van der Waals surface area contributed by atoms with E-state index in [1.807, 2.05) is 20.8 Å². The minimum absolute atomic E-state index is 0.271. The standard InChI is InChI=1S/C14H23NO4S/c1-4-18-14(19-5-2)10-11-15-20(16,17)13-8-6-12(3)7-9-13/h6-9,14-15H,4-5,10-11H2,1-3H3. The number of rotatable bonds is 9. The molecule has 0 heterocycles. The molecule has 0 bridgehead atoms. The van der Waals surface area contributed by atoms with Gasteiger partial charge in [0.2, 0.25) is 10.0 Å². The van der Waals surface area contributed by atoms with Gasteiger partial charge in [-0.3, -0.25) is 0 Å². The van der Waals surface area contributed by atoms with E-state index in [-0.39, 0.29) is 17.7 Å². The van der Waals surface area contributed by atoms with Crippen LogP contribution in [0.1, 0.15) is 25.8 Å². The van der Waals surface area contributed by atoms with Crippen molar-refractivity contribution in [2.75, 3.05) is 19.8 Å². The van der Waals surface area contributed by atoms with Gasteiger partial charge in [-0.1, -0.05) is 17.7 Å². The van der Waals surface area contributed by atoms with Crippen LogP contribution < -0.4 is 4.72 Å². The second-order valence-electron chi connectivity index (χ2n) is 4.34. The number of sulfonamides is 1. The van der Waals surface area contributed by atoms with Gasteiger partial charge in [0.1, 0.15) is 0 Å². The van der Waals surface area contributed by atoms with Crippen molar-refractivity contribution in [3.63, 3.8) is 0 Å². The van der Waals surface area contributed by atoms with Crippen molar-refractivity contribution in [1.29, 1.82) is 0 Å². The molecule has 1 N–H and O–H groups in total. The Labute approximate surface area is 121 Å². The predicted molar refractivity (Wildman–Crippen MR) is 78.0 cm³/mol. The van der Waals surface area contributed by atoms with Crippen molar-refractivity contribution in [3.05, 3.63) is 29.8 Å². The Hall–Kier alpha value is -0.950. The molecule has 1 aromatic rings. The van der Waals surface area contributed by atoms with Crippen LogP contribution in [0.3, 0.4) is 0 Å². The van der Waals surface area contributed by atoms with Gasteiger partial charge in [-0.05, 0) is 32.9 Å². The molecule has 0 atom stereocenters. The minimum atomic E-state index is -3.46. The zero-order valence-electron chi connectivity index (χ0n) is 12.3. The van der Waals surface area contributed by atoms with E-state index in [0.29, 0.717) is 19.6 Å². The van der Waals surface area contributed by atoms with E-state index in [2.05, 4.69) is 4.72 Å². The van der Waals surface area contributed by atoms with Gasteiger partial charge in [-0.25, -0.2) is 13.1 Å². The average molecular weight is 301 g/mol. The first-order valence-electron chi connectivity index (χ1n) is 6.79. The molecule has 0 radical (unpaired) electrons. The SMILES string of the molecule is CCOC(CCNS(=O)(=O)c1ccc(C)cc1)OCC. The highest BCUT2D eigenvalue weighted by Crippen LogP contribution is 2.10. The topological polar surface area (TPSA) is 64.6 Å². The van der Waals surface area contributed by atoms with E-state index in [9.17, 15) is 8.42 Å². The van der Waals surface area contributed by atoms with Crippen LogP contribution in [0.15, 0.2) is 29.2 Å². The summed E-state index contributed by atoms with van der Waals surface area (Å²) in [6, 6.07) is 6.75. The molecular formula is C14H23NO4S. The first-order valence-corrected chi connectivity index (χ1v) is 8.27. The maximum Gasteiger partial charge on any atom is 0.240 e. The molecule has 0 saturated heterocycles. The maximum atomic E-state index is 12.0. The second kappa shape index (κ2) is 8.36. The summed E-state index contributed by atoms with van der Waals surface area (Å²) in [6.45, 7) is 7.02. The van der Waals surface area contributed by atoms with Crippen LogP contribution in [0.5, 0.6) is 0 Å². The van der Waals surface area contributed by atoms with Gasteiger partial charge in [0, 0.05) is 26.2 Å². The molecule has 0 unspecified atom stereocenters. The van der Waals surface area contributed by atoms with E-state index < -0.39 is 10.0 Å². The Morgan fingerprint density at radius 1 is 1.10 bits per heavy atom. The molecular weight excluding hydrogens is 278 g/mol. The molecule has 20 heavy (non-hydrogen) atoms. The number of aryl methyl sites for hydroxylation is 1. The number of ether oxygens (including phenoxy) is 2. The first kappa shape index (κ1) is 17.1. The van der Waals surface area contributed by atoms with Crippen molar-refractivity contribution < 1.29 is 17.9 Å². The fourth-order valence-electron chi connectivity index (χ4n) is 1.70. The molecule has 0 amide bonds. The molecule has 5 nitrogen and oxygen atoms in total. The Balaban J connectivity index is 2.52. The van der Waals surface area contributed by atoms with Gasteiger partial charge in [0.05, 0.1) is 4.90 Å². The largest absolute Gasteiger partial charge is 0.353 e. The summed E-state index contributed by atoms with van der Waals surface area (Å²) in [5.41, 5.74) is 1.02. The lowest BCUT2D eigenvalue weighted by Crippen LogP contribution is -2.29. The van der Waals surface area contributed by atoms with Crippen molar-refractivity contribution in [3.8, 4) is 0 Å². The zero-order chi connectivity index (χ0) is 15.0. The molecule has 0 aliphatic heterocycles. The summed E-state index contributed by atoms with van der Waals surface area (Å²) < 4.78 is 37.4. The molecule has 0 fully saturated rings. The quantitative estimate of drug-likeness (QED) is 0.709. The molecule has 114 valence electrons. The molecule has 0 spiro atoms. The molecule has 0 aliphatic carbocycles. The summed E-state index contributed by atoms with van der Waals surface area (Å²) in [5, 5.41) is 0. The summed E-state index contributed by atoms with van der Waals surface area (Å²) in [6.07, 6.45) is 0.109. The van der Waals surface area contributed by atoms with Crippen LogP contribution in [-0.2, 0) is 19.5 Å². The van der Waals surface area contributed by atoms with Crippen LogP contribution in [-0.4, -0.2) is 34.5 Å². The van der Waals surface area contributed by atoms with Crippen molar-refractivity contribution in [2.45, 2.75) is 38.4 Å². The van der Waals surface area contributed by atoms with E-state index in [1.165, 1.54) is 0 Å². The Bertz CT molecular complexity index is 478. The predicted octanol–water partition coefficient (Wildman–Crippen LogP) is 2.06. The second-order valence-corrected chi connectivity index (χ2v) is 6.11. The highest BCUT2D eigenvalue weighted by molar-refractivity contribution is 7.89. The molecule has 0 aromatic heterocycles. The van der Waals surface area contributed by atoms with E-state index in [1.54, 1.807) is 24.3 Å². The summed E-state index contributed by atoms with van der Waals surface area (Å²) in [5.74, 6) is 0. The van der Waals surface area contributed by atoms with Gasteiger partial charge in [0.15, 0.2) is 6.29 Å². The Kier molecular flexibility index (Phi) is 7.15. The van der Waals surface area contributed by atoms with Crippen LogP contribution in [0.4, 0.5) is 0 Å². The molecule has 0 saturated carbocycles. The summed E-state index contributed by atoms with van der Waals surface area (Å²) in [7, 11) is -3.46. The third kappa shape index (κ3) is 5.58. The van der Waals surface area contributed by atoms with Gasteiger partial charge in [0.25, 0.3) is 0 Å². The monoisotopic (exact) mass is 301 g/mol.